The van der Waals surface area contributed by atoms with Gasteiger partial charge in [0, 0.05) is 22.9 Å². The predicted molar refractivity (Wildman–Crippen MR) is 107 cm³/mol. The lowest BCUT2D eigenvalue weighted by molar-refractivity contribution is -0.385. The number of nitro benzene ring substituents is 1. The number of carbonyl (C=O) groups excluding carboxylic acids is 3. The highest BCUT2D eigenvalue weighted by molar-refractivity contribution is 5.96. The second-order valence-electron chi connectivity index (χ2n) is 6.11. The number of aryl methyl sites for hydroxylation is 1. The monoisotopic (exact) mass is 415 g/mol. The van der Waals surface area contributed by atoms with Crippen LogP contribution in [0.3, 0.4) is 0 Å². The summed E-state index contributed by atoms with van der Waals surface area (Å²) in [4.78, 5) is 46.0. The first kappa shape index (κ1) is 22.3. The van der Waals surface area contributed by atoms with Crippen molar-refractivity contribution in [3.05, 3.63) is 63.7 Å². The molecular weight excluding hydrogens is 394 g/mol. The molecule has 0 spiro atoms. The molecule has 2 aromatic carbocycles. The molecule has 0 radical (unpaired) electrons. The van der Waals surface area contributed by atoms with Gasteiger partial charge in [0.05, 0.1) is 11.5 Å². The quantitative estimate of drug-likeness (QED) is 0.364. The first-order valence-electron chi connectivity index (χ1n) is 9.01. The summed E-state index contributed by atoms with van der Waals surface area (Å²) in [5.74, 6) is -1.33. The lowest BCUT2D eigenvalue weighted by Crippen LogP contribution is -2.32. The summed E-state index contributed by atoms with van der Waals surface area (Å²) in [7, 11) is 0. The van der Waals surface area contributed by atoms with Gasteiger partial charge in [-0.25, -0.2) is 0 Å². The van der Waals surface area contributed by atoms with Crippen molar-refractivity contribution in [2.24, 2.45) is 0 Å². The molecule has 158 valence electrons. The van der Waals surface area contributed by atoms with E-state index in [9.17, 15) is 24.5 Å². The van der Waals surface area contributed by atoms with Crippen molar-refractivity contribution in [3.63, 3.8) is 0 Å². The number of nitrogens with one attached hydrogen (secondary N) is 2. The molecule has 0 aliphatic carbocycles. The Morgan fingerprint density at radius 2 is 1.80 bits per heavy atom. The smallest absolute Gasteiger partial charge is 0.325 e. The summed E-state index contributed by atoms with van der Waals surface area (Å²) in [6.45, 7) is 2.91. The fourth-order valence-corrected chi connectivity index (χ4v) is 2.40. The van der Waals surface area contributed by atoms with Gasteiger partial charge in [0.2, 0.25) is 0 Å². The van der Waals surface area contributed by atoms with E-state index < -0.39 is 35.9 Å². The Kier molecular flexibility index (Phi) is 7.86. The number of nitrogens with zero attached hydrogens (tertiary/aromatic N) is 1. The second kappa shape index (κ2) is 10.6. The van der Waals surface area contributed by atoms with Crippen molar-refractivity contribution in [3.8, 4) is 5.75 Å². The number of benzene rings is 2. The Morgan fingerprint density at radius 1 is 1.10 bits per heavy atom. The molecule has 10 heteroatoms. The van der Waals surface area contributed by atoms with Crippen molar-refractivity contribution in [2.75, 3.05) is 25.1 Å². The van der Waals surface area contributed by atoms with Crippen LogP contribution >= 0.6 is 0 Å². The number of nitro groups is 1. The SMILES string of the molecule is CCOc1ccc(C(=O)NCC(=O)OCC(=O)Nc2ccc(C)c([N+](=O)[O-])c2)cc1. The maximum absolute atomic E-state index is 12.0. The fraction of sp³-hybridized carbons (Fsp3) is 0.250. The summed E-state index contributed by atoms with van der Waals surface area (Å²) in [6.07, 6.45) is 0. The molecule has 0 saturated carbocycles. The molecule has 0 atom stereocenters. The molecule has 30 heavy (non-hydrogen) atoms. The van der Waals surface area contributed by atoms with Gasteiger partial charge >= 0.3 is 5.97 Å². The number of anilines is 1. The third kappa shape index (κ3) is 6.59. The molecule has 0 fully saturated rings. The Morgan fingerprint density at radius 3 is 2.43 bits per heavy atom. The summed E-state index contributed by atoms with van der Waals surface area (Å²) >= 11 is 0. The van der Waals surface area contributed by atoms with E-state index in [0.29, 0.717) is 23.5 Å². The van der Waals surface area contributed by atoms with Gasteiger partial charge in [-0.15, -0.1) is 0 Å². The highest BCUT2D eigenvalue weighted by Crippen LogP contribution is 2.22. The Labute approximate surface area is 172 Å². The zero-order valence-electron chi connectivity index (χ0n) is 16.5. The van der Waals surface area contributed by atoms with Crippen LogP contribution in [0, 0.1) is 17.0 Å². The second-order valence-corrected chi connectivity index (χ2v) is 6.11. The predicted octanol–water partition coefficient (Wildman–Crippen LogP) is 2.21. The average molecular weight is 415 g/mol. The molecule has 0 aliphatic rings. The van der Waals surface area contributed by atoms with E-state index in [-0.39, 0.29) is 11.4 Å². The van der Waals surface area contributed by atoms with E-state index in [0.717, 1.165) is 0 Å². The van der Waals surface area contributed by atoms with Crippen LogP contribution in [-0.2, 0) is 14.3 Å². The van der Waals surface area contributed by atoms with E-state index >= 15 is 0 Å². The number of hydrogen-bond acceptors (Lipinski definition) is 7. The van der Waals surface area contributed by atoms with Gasteiger partial charge in [-0.1, -0.05) is 6.07 Å². The van der Waals surface area contributed by atoms with Gasteiger partial charge in [0.1, 0.15) is 12.3 Å². The first-order valence-corrected chi connectivity index (χ1v) is 9.01. The molecule has 0 bridgehead atoms. The van der Waals surface area contributed by atoms with Crippen LogP contribution in [0.25, 0.3) is 0 Å². The summed E-state index contributed by atoms with van der Waals surface area (Å²) in [6, 6.07) is 10.6. The van der Waals surface area contributed by atoms with Crippen LogP contribution < -0.4 is 15.4 Å². The van der Waals surface area contributed by atoms with Crippen molar-refractivity contribution in [2.45, 2.75) is 13.8 Å². The number of hydrogen-bond donors (Lipinski definition) is 2. The Balaban J connectivity index is 1.77. The lowest BCUT2D eigenvalue weighted by Gasteiger charge is -2.08. The average Bonchev–Trinajstić information content (AvgIpc) is 2.72. The minimum absolute atomic E-state index is 0.137. The molecule has 2 aromatic rings. The molecule has 0 heterocycles. The third-order valence-corrected chi connectivity index (χ3v) is 3.87. The van der Waals surface area contributed by atoms with E-state index in [1.165, 1.54) is 18.2 Å². The maximum atomic E-state index is 12.0. The first-order chi connectivity index (χ1) is 14.3. The van der Waals surface area contributed by atoms with E-state index in [1.54, 1.807) is 31.2 Å². The Hall–Kier alpha value is -3.95. The number of rotatable bonds is 9. The van der Waals surface area contributed by atoms with Crippen LogP contribution in [-0.4, -0.2) is 42.5 Å². The third-order valence-electron chi connectivity index (χ3n) is 3.87. The van der Waals surface area contributed by atoms with Gasteiger partial charge in [0.25, 0.3) is 17.5 Å². The summed E-state index contributed by atoms with van der Waals surface area (Å²) in [5, 5.41) is 15.7. The maximum Gasteiger partial charge on any atom is 0.325 e. The zero-order chi connectivity index (χ0) is 22.1. The number of carbonyl (C=O) groups is 3. The van der Waals surface area contributed by atoms with Crippen LogP contribution in [0.4, 0.5) is 11.4 Å². The van der Waals surface area contributed by atoms with Gasteiger partial charge in [-0.3, -0.25) is 24.5 Å². The van der Waals surface area contributed by atoms with E-state index in [2.05, 4.69) is 10.6 Å². The minimum Gasteiger partial charge on any atom is -0.494 e. The van der Waals surface area contributed by atoms with Crippen molar-refractivity contribution >= 4 is 29.2 Å². The molecular formula is C20H21N3O7. The molecule has 0 saturated heterocycles. The van der Waals surface area contributed by atoms with Gasteiger partial charge < -0.3 is 20.1 Å². The zero-order valence-corrected chi connectivity index (χ0v) is 16.5. The highest BCUT2D eigenvalue weighted by Gasteiger charge is 2.14. The van der Waals surface area contributed by atoms with Gasteiger partial charge in [0.15, 0.2) is 6.61 Å². The molecule has 2 amide bonds. The molecule has 2 rings (SSSR count). The molecule has 10 nitrogen and oxygen atoms in total. The molecule has 0 unspecified atom stereocenters. The Bertz CT molecular complexity index is 942. The molecule has 0 aliphatic heterocycles. The van der Waals surface area contributed by atoms with Crippen molar-refractivity contribution in [1.29, 1.82) is 0 Å². The minimum atomic E-state index is -0.806. The topological polar surface area (TPSA) is 137 Å². The standard InChI is InChI=1S/C20H21N3O7/c1-3-29-16-8-5-14(6-9-16)20(26)21-11-19(25)30-12-18(24)22-15-7-4-13(2)17(10-15)23(27)28/h4-10H,3,11-12H2,1-2H3,(H,21,26)(H,22,24). The fourth-order valence-electron chi connectivity index (χ4n) is 2.40. The van der Waals surface area contributed by atoms with E-state index in [1.807, 2.05) is 6.92 Å². The van der Waals surface area contributed by atoms with Crippen LogP contribution in [0.5, 0.6) is 5.75 Å². The van der Waals surface area contributed by atoms with Gasteiger partial charge in [-0.2, -0.15) is 0 Å². The molecule has 0 aromatic heterocycles. The van der Waals surface area contributed by atoms with Crippen molar-refractivity contribution < 1.29 is 28.8 Å². The lowest BCUT2D eigenvalue weighted by atomic mass is 10.2. The van der Waals surface area contributed by atoms with Crippen LogP contribution in [0.15, 0.2) is 42.5 Å². The molecule has 2 N–H and O–H groups in total. The number of ether oxygens (including phenoxy) is 2. The highest BCUT2D eigenvalue weighted by atomic mass is 16.6. The summed E-state index contributed by atoms with van der Waals surface area (Å²) < 4.78 is 10.1. The number of amides is 2. The van der Waals surface area contributed by atoms with Crippen LogP contribution in [0.1, 0.15) is 22.8 Å². The normalized spacial score (nSPS) is 10.1. The largest absolute Gasteiger partial charge is 0.494 e. The van der Waals surface area contributed by atoms with E-state index in [4.69, 9.17) is 9.47 Å². The summed E-state index contributed by atoms with van der Waals surface area (Å²) in [5.41, 5.74) is 0.858. The van der Waals surface area contributed by atoms with Crippen LogP contribution in [0.2, 0.25) is 0 Å². The van der Waals surface area contributed by atoms with Gasteiger partial charge in [-0.05, 0) is 44.2 Å². The van der Waals surface area contributed by atoms with Crippen molar-refractivity contribution in [1.82, 2.24) is 5.32 Å². The number of esters is 1.